The molecule has 0 aromatic rings. The van der Waals surface area contributed by atoms with Crippen LogP contribution in [-0.4, -0.2) is 18.0 Å². The monoisotopic (exact) mass is 242 g/mol. The predicted molar refractivity (Wildman–Crippen MR) is 73.7 cm³/mol. The zero-order valence-corrected chi connectivity index (χ0v) is 12.3. The average molecular weight is 242 g/mol. The molecule has 0 bridgehead atoms. The second kappa shape index (κ2) is 7.00. The molecule has 3 nitrogen and oxygen atoms in total. The van der Waals surface area contributed by atoms with E-state index in [2.05, 4.69) is 39.9 Å². The van der Waals surface area contributed by atoms with Crippen LogP contribution in [0.5, 0.6) is 0 Å². The minimum atomic E-state index is -0.0405. The molecule has 2 atom stereocenters. The van der Waals surface area contributed by atoms with Gasteiger partial charge in [0.15, 0.2) is 0 Å². The van der Waals surface area contributed by atoms with E-state index in [0.29, 0.717) is 12.3 Å². The molecule has 3 heteroatoms. The molecule has 0 fully saturated rings. The quantitative estimate of drug-likeness (QED) is 0.752. The highest BCUT2D eigenvalue weighted by Gasteiger charge is 2.18. The van der Waals surface area contributed by atoms with E-state index >= 15 is 0 Å². The molecule has 0 aromatic heterocycles. The van der Waals surface area contributed by atoms with Crippen molar-refractivity contribution in [1.29, 1.82) is 0 Å². The van der Waals surface area contributed by atoms with Gasteiger partial charge in [-0.25, -0.2) is 0 Å². The predicted octanol–water partition coefficient (Wildman–Crippen LogP) is 2.69. The number of hydrogen-bond acceptors (Lipinski definition) is 2. The molecule has 0 rings (SSSR count). The molecule has 0 saturated heterocycles. The molecular weight excluding hydrogens is 212 g/mol. The molecule has 0 aliphatic heterocycles. The standard InChI is InChI=1S/C14H30N2O/c1-10(2)7-11(3)16-13(17)8-12(15)9-14(4,5)6/h10-12H,7-9,15H2,1-6H3,(H,16,17). The lowest BCUT2D eigenvalue weighted by molar-refractivity contribution is -0.122. The van der Waals surface area contributed by atoms with Crippen molar-refractivity contribution in [2.45, 2.75) is 72.9 Å². The third-order valence-electron chi connectivity index (χ3n) is 2.55. The maximum absolute atomic E-state index is 11.7. The molecule has 17 heavy (non-hydrogen) atoms. The Balaban J connectivity index is 3.93. The van der Waals surface area contributed by atoms with E-state index < -0.39 is 0 Å². The molecule has 0 aliphatic rings. The van der Waals surface area contributed by atoms with Gasteiger partial charge in [0.25, 0.3) is 0 Å². The van der Waals surface area contributed by atoms with Crippen molar-refractivity contribution >= 4 is 5.91 Å². The first-order valence-electron chi connectivity index (χ1n) is 6.65. The first kappa shape index (κ1) is 16.4. The minimum Gasteiger partial charge on any atom is -0.354 e. The smallest absolute Gasteiger partial charge is 0.221 e. The third-order valence-corrected chi connectivity index (χ3v) is 2.55. The lowest BCUT2D eigenvalue weighted by Gasteiger charge is -2.23. The van der Waals surface area contributed by atoms with Crippen molar-refractivity contribution in [2.24, 2.45) is 17.1 Å². The first-order valence-corrected chi connectivity index (χ1v) is 6.65. The molecule has 0 saturated carbocycles. The SMILES string of the molecule is CC(C)CC(C)NC(=O)CC(N)CC(C)(C)C. The van der Waals surface area contributed by atoms with E-state index in [1.807, 2.05) is 6.92 Å². The number of hydrogen-bond donors (Lipinski definition) is 2. The molecule has 0 aromatic carbocycles. The van der Waals surface area contributed by atoms with Gasteiger partial charge in [-0.3, -0.25) is 4.79 Å². The highest BCUT2D eigenvalue weighted by atomic mass is 16.1. The minimum absolute atomic E-state index is 0.0405. The molecular formula is C14H30N2O. The van der Waals surface area contributed by atoms with E-state index in [1.165, 1.54) is 0 Å². The van der Waals surface area contributed by atoms with Crippen LogP contribution in [0.2, 0.25) is 0 Å². The second-order valence-corrected chi connectivity index (χ2v) is 6.83. The van der Waals surface area contributed by atoms with Gasteiger partial charge in [0.1, 0.15) is 0 Å². The van der Waals surface area contributed by atoms with Gasteiger partial charge in [0.2, 0.25) is 5.91 Å². The summed E-state index contributed by atoms with van der Waals surface area (Å²) in [4.78, 5) is 11.7. The van der Waals surface area contributed by atoms with E-state index in [1.54, 1.807) is 0 Å². The van der Waals surface area contributed by atoms with Gasteiger partial charge >= 0.3 is 0 Å². The van der Waals surface area contributed by atoms with Crippen LogP contribution < -0.4 is 11.1 Å². The fourth-order valence-corrected chi connectivity index (χ4v) is 2.20. The molecule has 3 N–H and O–H groups in total. The lowest BCUT2D eigenvalue weighted by atomic mass is 9.87. The summed E-state index contributed by atoms with van der Waals surface area (Å²) in [5.41, 5.74) is 6.16. The van der Waals surface area contributed by atoms with E-state index in [-0.39, 0.29) is 23.4 Å². The Morgan fingerprint density at radius 1 is 1.24 bits per heavy atom. The summed E-state index contributed by atoms with van der Waals surface area (Å²) < 4.78 is 0. The Morgan fingerprint density at radius 3 is 2.18 bits per heavy atom. The molecule has 1 amide bonds. The number of amides is 1. The summed E-state index contributed by atoms with van der Waals surface area (Å²) in [6.07, 6.45) is 2.32. The first-order chi connectivity index (χ1) is 7.60. The molecule has 0 aliphatic carbocycles. The van der Waals surface area contributed by atoms with Crippen LogP contribution >= 0.6 is 0 Å². The highest BCUT2D eigenvalue weighted by Crippen LogP contribution is 2.21. The van der Waals surface area contributed by atoms with Crippen molar-refractivity contribution in [1.82, 2.24) is 5.32 Å². The summed E-state index contributed by atoms with van der Waals surface area (Å²) in [5, 5.41) is 3.01. The Morgan fingerprint density at radius 2 is 1.76 bits per heavy atom. The van der Waals surface area contributed by atoms with Gasteiger partial charge in [0, 0.05) is 18.5 Å². The maximum Gasteiger partial charge on any atom is 0.221 e. The largest absolute Gasteiger partial charge is 0.354 e. The molecule has 102 valence electrons. The summed E-state index contributed by atoms with van der Waals surface area (Å²) >= 11 is 0. The number of nitrogens with one attached hydrogen (secondary N) is 1. The van der Waals surface area contributed by atoms with Crippen molar-refractivity contribution in [3.8, 4) is 0 Å². The number of nitrogens with two attached hydrogens (primary N) is 1. The maximum atomic E-state index is 11.7. The summed E-state index contributed by atoms with van der Waals surface area (Å²) in [6.45, 7) is 12.8. The van der Waals surface area contributed by atoms with Crippen LogP contribution in [0, 0.1) is 11.3 Å². The third kappa shape index (κ3) is 10.3. The number of carbonyl (C=O) groups excluding carboxylic acids is 1. The fourth-order valence-electron chi connectivity index (χ4n) is 2.20. The molecule has 0 radical (unpaired) electrons. The van der Waals surface area contributed by atoms with Crippen molar-refractivity contribution in [3.05, 3.63) is 0 Å². The Bertz CT molecular complexity index is 231. The zero-order chi connectivity index (χ0) is 13.6. The molecule has 0 heterocycles. The molecule has 2 unspecified atom stereocenters. The topological polar surface area (TPSA) is 55.1 Å². The Hall–Kier alpha value is -0.570. The van der Waals surface area contributed by atoms with Gasteiger partial charge in [0.05, 0.1) is 0 Å². The highest BCUT2D eigenvalue weighted by molar-refractivity contribution is 5.76. The van der Waals surface area contributed by atoms with Gasteiger partial charge in [-0.1, -0.05) is 34.6 Å². The zero-order valence-electron chi connectivity index (χ0n) is 12.3. The Kier molecular flexibility index (Phi) is 6.76. The summed E-state index contributed by atoms with van der Waals surface area (Å²) in [7, 11) is 0. The van der Waals surface area contributed by atoms with E-state index in [9.17, 15) is 4.79 Å². The van der Waals surface area contributed by atoms with Crippen LogP contribution in [0.1, 0.15) is 60.8 Å². The average Bonchev–Trinajstić information content (AvgIpc) is 1.95. The Labute approximate surface area is 107 Å². The molecule has 0 spiro atoms. The van der Waals surface area contributed by atoms with Crippen molar-refractivity contribution in [3.63, 3.8) is 0 Å². The van der Waals surface area contributed by atoms with Crippen LogP contribution in [0.3, 0.4) is 0 Å². The fraction of sp³-hybridized carbons (Fsp3) is 0.929. The normalized spacial score (nSPS) is 15.8. The summed E-state index contributed by atoms with van der Waals surface area (Å²) in [5.74, 6) is 0.684. The lowest BCUT2D eigenvalue weighted by Crippen LogP contribution is -2.38. The van der Waals surface area contributed by atoms with Crippen molar-refractivity contribution in [2.75, 3.05) is 0 Å². The second-order valence-electron chi connectivity index (χ2n) is 6.83. The number of carbonyl (C=O) groups is 1. The van der Waals surface area contributed by atoms with Gasteiger partial charge in [-0.15, -0.1) is 0 Å². The van der Waals surface area contributed by atoms with Gasteiger partial charge in [-0.05, 0) is 31.1 Å². The van der Waals surface area contributed by atoms with E-state index in [0.717, 1.165) is 12.8 Å². The van der Waals surface area contributed by atoms with Crippen LogP contribution in [0.25, 0.3) is 0 Å². The van der Waals surface area contributed by atoms with Gasteiger partial charge < -0.3 is 11.1 Å². The number of rotatable bonds is 6. The summed E-state index contributed by atoms with van der Waals surface area (Å²) in [6, 6.07) is 0.200. The van der Waals surface area contributed by atoms with Crippen molar-refractivity contribution < 1.29 is 4.79 Å². The van der Waals surface area contributed by atoms with Crippen LogP contribution in [0.4, 0.5) is 0 Å². The van der Waals surface area contributed by atoms with Gasteiger partial charge in [-0.2, -0.15) is 0 Å². The van der Waals surface area contributed by atoms with Crippen LogP contribution in [0.15, 0.2) is 0 Å². The van der Waals surface area contributed by atoms with Crippen LogP contribution in [-0.2, 0) is 4.79 Å². The van der Waals surface area contributed by atoms with E-state index in [4.69, 9.17) is 5.73 Å².